The number of pyridine rings is 1. The molecule has 27 heavy (non-hydrogen) atoms. The average Bonchev–Trinajstić information content (AvgIpc) is 3.00. The van der Waals surface area contributed by atoms with Gasteiger partial charge in [0.05, 0.1) is 0 Å². The second kappa shape index (κ2) is 6.34. The maximum atomic E-state index is 8.69. The van der Waals surface area contributed by atoms with Crippen LogP contribution in [0.25, 0.3) is 22.4 Å². The first-order chi connectivity index (χ1) is 13.5. The smallest absolute Gasteiger partial charge is 0.201 e. The zero-order valence-corrected chi connectivity index (χ0v) is 17.3. The van der Waals surface area contributed by atoms with Gasteiger partial charge in [-0.05, 0) is 71.5 Å². The molecule has 1 heteroatoms. The molecule has 138 valence electrons. The Morgan fingerprint density at radius 3 is 2.41 bits per heavy atom. The number of nitrogens with zero attached hydrogens (tertiary/aromatic N) is 1. The van der Waals surface area contributed by atoms with Crippen LogP contribution in [-0.4, -0.2) is 0 Å². The van der Waals surface area contributed by atoms with Crippen LogP contribution in [0.15, 0.2) is 48.7 Å². The predicted molar refractivity (Wildman–Crippen MR) is 114 cm³/mol. The normalized spacial score (nSPS) is 14.4. The maximum absolute atomic E-state index is 8.69. The molecule has 4 rings (SSSR count). The fourth-order valence-electron chi connectivity index (χ4n) is 4.18. The number of aromatic nitrogens is 1. The van der Waals surface area contributed by atoms with Gasteiger partial charge in [-0.2, -0.15) is 0 Å². The molecule has 1 aliphatic rings. The number of benzene rings is 2. The first-order valence-corrected chi connectivity index (χ1v) is 9.73. The maximum Gasteiger partial charge on any atom is 0.212 e. The molecule has 0 spiro atoms. The predicted octanol–water partition coefficient (Wildman–Crippen LogP) is 5.95. The van der Waals surface area contributed by atoms with Crippen molar-refractivity contribution in [2.45, 2.75) is 47.4 Å². The summed E-state index contributed by atoms with van der Waals surface area (Å²) in [5.41, 5.74) is 10.6. The lowest BCUT2D eigenvalue weighted by Gasteiger charge is -2.18. The number of hydrogen-bond donors (Lipinski definition) is 0. The van der Waals surface area contributed by atoms with Crippen LogP contribution in [0.5, 0.6) is 0 Å². The first-order valence-electron chi connectivity index (χ1n) is 10.7. The summed E-state index contributed by atoms with van der Waals surface area (Å²) in [6.45, 7) is 10.2. The summed E-state index contributed by atoms with van der Waals surface area (Å²) < 4.78 is 19.5. The summed E-state index contributed by atoms with van der Waals surface area (Å²) in [5, 5.41) is 0. The van der Waals surface area contributed by atoms with Gasteiger partial charge in [0.15, 0.2) is 6.20 Å². The van der Waals surface area contributed by atoms with Crippen LogP contribution in [0.2, 0.25) is 0 Å². The highest BCUT2D eigenvalue weighted by Crippen LogP contribution is 2.41. The average molecular weight is 359 g/mol. The Kier molecular flexibility index (Phi) is 3.67. The number of fused-ring (bicyclic) bond motifs is 3. The van der Waals surface area contributed by atoms with E-state index in [-0.39, 0.29) is 0 Å². The van der Waals surface area contributed by atoms with E-state index in [9.17, 15) is 0 Å². The van der Waals surface area contributed by atoms with Crippen molar-refractivity contribution in [3.63, 3.8) is 0 Å². The Labute approximate surface area is 166 Å². The van der Waals surface area contributed by atoms with Crippen molar-refractivity contribution in [3.8, 4) is 22.4 Å². The van der Waals surface area contributed by atoms with E-state index in [1.165, 1.54) is 38.9 Å². The molecule has 2 aromatic carbocycles. The number of aryl methyl sites for hydroxylation is 2. The van der Waals surface area contributed by atoms with E-state index in [1.807, 2.05) is 46.1 Å². The largest absolute Gasteiger partial charge is 0.212 e. The standard InChI is InChI=1S/C26H30N/c1-17-7-8-22-20(13-17)15-24-18(2)21(9-10-23(22)24)25-14-19(11-12-27(25)6)16-26(3,4)5/h7-14H,15-16H2,1-6H3/q+1/i16D2. The molecular formula is C26H30N+. The van der Waals surface area contributed by atoms with E-state index in [4.69, 9.17) is 2.74 Å². The Morgan fingerprint density at radius 2 is 1.67 bits per heavy atom. The van der Waals surface area contributed by atoms with Gasteiger partial charge in [-0.3, -0.25) is 0 Å². The molecule has 0 bridgehead atoms. The highest BCUT2D eigenvalue weighted by molar-refractivity contribution is 5.82. The van der Waals surface area contributed by atoms with Crippen molar-refractivity contribution < 1.29 is 7.31 Å². The van der Waals surface area contributed by atoms with Crippen LogP contribution in [0, 0.1) is 19.3 Å². The van der Waals surface area contributed by atoms with Crippen molar-refractivity contribution >= 4 is 0 Å². The molecule has 1 heterocycles. The molecule has 0 amide bonds. The van der Waals surface area contributed by atoms with Gasteiger partial charge in [-0.1, -0.05) is 50.6 Å². The van der Waals surface area contributed by atoms with Crippen LogP contribution in [-0.2, 0) is 19.8 Å². The van der Waals surface area contributed by atoms with Crippen LogP contribution in [0.3, 0.4) is 0 Å². The minimum absolute atomic E-state index is 0.476. The zero-order valence-electron chi connectivity index (χ0n) is 19.3. The quantitative estimate of drug-likeness (QED) is 0.390. The Bertz CT molecular complexity index is 1120. The molecule has 3 aromatic rings. The minimum atomic E-state index is -1.41. The lowest BCUT2D eigenvalue weighted by atomic mass is 9.87. The van der Waals surface area contributed by atoms with E-state index < -0.39 is 11.8 Å². The number of rotatable bonds is 2. The van der Waals surface area contributed by atoms with Gasteiger partial charge in [0.25, 0.3) is 0 Å². The van der Waals surface area contributed by atoms with E-state index in [1.54, 1.807) is 0 Å². The molecular weight excluding hydrogens is 326 g/mol. The zero-order chi connectivity index (χ0) is 21.1. The highest BCUT2D eigenvalue weighted by Gasteiger charge is 2.24. The molecule has 1 nitrogen and oxygen atoms in total. The SMILES string of the molecule is [2H]C([2H])(c1cc[n+](C)c(-c2ccc3c(c2C)Cc2cc(C)ccc2-3)c1)C(C)(C)C. The fraction of sp³-hybridized carbons (Fsp3) is 0.346. The third-order valence-electron chi connectivity index (χ3n) is 5.46. The minimum Gasteiger partial charge on any atom is -0.201 e. The van der Waals surface area contributed by atoms with Gasteiger partial charge in [0.1, 0.15) is 7.05 Å². The van der Waals surface area contributed by atoms with Gasteiger partial charge in [0.2, 0.25) is 5.69 Å². The summed E-state index contributed by atoms with van der Waals surface area (Å²) in [7, 11) is 2.04. The molecule has 0 fully saturated rings. The summed E-state index contributed by atoms with van der Waals surface area (Å²) >= 11 is 0. The lowest BCUT2D eigenvalue weighted by molar-refractivity contribution is -0.660. The van der Waals surface area contributed by atoms with Gasteiger partial charge in [0, 0.05) is 20.4 Å². The second-order valence-electron chi connectivity index (χ2n) is 8.89. The van der Waals surface area contributed by atoms with Crippen molar-refractivity contribution in [1.29, 1.82) is 0 Å². The molecule has 0 atom stereocenters. The number of hydrogen-bond acceptors (Lipinski definition) is 0. The fourth-order valence-corrected chi connectivity index (χ4v) is 4.18. The lowest BCUT2D eigenvalue weighted by Crippen LogP contribution is -2.31. The highest BCUT2D eigenvalue weighted by atomic mass is 14.9. The van der Waals surface area contributed by atoms with Crippen LogP contribution in [0.1, 0.15) is 51.3 Å². The van der Waals surface area contributed by atoms with E-state index in [0.29, 0.717) is 0 Å². The summed E-state index contributed by atoms with van der Waals surface area (Å²) in [6.07, 6.45) is 1.55. The second-order valence-corrected chi connectivity index (χ2v) is 8.89. The van der Waals surface area contributed by atoms with E-state index in [2.05, 4.69) is 48.7 Å². The molecule has 0 aliphatic heterocycles. The Balaban J connectivity index is 1.85. The monoisotopic (exact) mass is 358 g/mol. The van der Waals surface area contributed by atoms with Crippen molar-refractivity contribution in [3.05, 3.63) is 76.5 Å². The van der Waals surface area contributed by atoms with Crippen LogP contribution in [0.4, 0.5) is 0 Å². The molecule has 1 aliphatic carbocycles. The van der Waals surface area contributed by atoms with Crippen molar-refractivity contribution in [1.82, 2.24) is 0 Å². The molecule has 0 N–H and O–H groups in total. The van der Waals surface area contributed by atoms with Crippen LogP contribution >= 0.6 is 0 Å². The van der Waals surface area contributed by atoms with Crippen molar-refractivity contribution in [2.75, 3.05) is 0 Å². The Morgan fingerprint density at radius 1 is 0.963 bits per heavy atom. The molecule has 1 aromatic heterocycles. The summed E-state index contributed by atoms with van der Waals surface area (Å²) in [4.78, 5) is 0. The van der Waals surface area contributed by atoms with Crippen LogP contribution < -0.4 is 4.57 Å². The van der Waals surface area contributed by atoms with Gasteiger partial charge in [-0.15, -0.1) is 0 Å². The van der Waals surface area contributed by atoms with Gasteiger partial charge >= 0.3 is 0 Å². The topological polar surface area (TPSA) is 3.88 Å². The van der Waals surface area contributed by atoms with Gasteiger partial charge in [-0.25, -0.2) is 4.57 Å². The third-order valence-corrected chi connectivity index (χ3v) is 5.46. The van der Waals surface area contributed by atoms with E-state index in [0.717, 1.165) is 17.7 Å². The molecule has 0 saturated heterocycles. The third kappa shape index (κ3) is 3.32. The van der Waals surface area contributed by atoms with Gasteiger partial charge < -0.3 is 0 Å². The van der Waals surface area contributed by atoms with E-state index >= 15 is 0 Å². The molecule has 0 saturated carbocycles. The van der Waals surface area contributed by atoms with Crippen molar-refractivity contribution in [2.24, 2.45) is 12.5 Å². The molecule has 0 unspecified atom stereocenters. The summed E-state index contributed by atoms with van der Waals surface area (Å²) in [6, 6.07) is 15.1. The first kappa shape index (κ1) is 15.6. The summed E-state index contributed by atoms with van der Waals surface area (Å²) in [5.74, 6) is 0. The molecule has 0 radical (unpaired) electrons. The Hall–Kier alpha value is -2.41.